The van der Waals surface area contributed by atoms with Crippen LogP contribution in [0.4, 0.5) is 0 Å². The van der Waals surface area contributed by atoms with Crippen molar-refractivity contribution >= 4 is 11.6 Å². The van der Waals surface area contributed by atoms with E-state index < -0.39 is 5.41 Å². The van der Waals surface area contributed by atoms with Crippen LogP contribution >= 0.6 is 11.6 Å². The van der Waals surface area contributed by atoms with E-state index in [1.807, 2.05) is 19.1 Å². The van der Waals surface area contributed by atoms with Gasteiger partial charge in [0.1, 0.15) is 0 Å². The summed E-state index contributed by atoms with van der Waals surface area (Å²) in [6, 6.07) is 7.30. The quantitative estimate of drug-likeness (QED) is 0.813. The van der Waals surface area contributed by atoms with E-state index in [-0.39, 0.29) is 13.2 Å². The Morgan fingerprint density at radius 1 is 1.13 bits per heavy atom. The highest BCUT2D eigenvalue weighted by molar-refractivity contribution is 6.30. The SMILES string of the molecule is CCCC(CO)(CO)c1ccc(Cl)cc1. The summed E-state index contributed by atoms with van der Waals surface area (Å²) in [5, 5.41) is 19.5. The standard InChI is InChI=1S/C12H17ClO2/c1-2-7-12(8-14,9-15)10-3-5-11(13)6-4-10/h3-6,14-15H,2,7-9H2,1H3. The van der Waals surface area contributed by atoms with E-state index in [2.05, 4.69) is 0 Å². The van der Waals surface area contributed by atoms with Crippen LogP contribution < -0.4 is 0 Å². The Morgan fingerprint density at radius 2 is 1.67 bits per heavy atom. The maximum Gasteiger partial charge on any atom is 0.0550 e. The third-order valence-electron chi connectivity index (χ3n) is 2.79. The summed E-state index contributed by atoms with van der Waals surface area (Å²) in [6.07, 6.45) is 1.69. The summed E-state index contributed by atoms with van der Waals surface area (Å²) in [7, 11) is 0. The predicted octanol–water partition coefficient (Wildman–Crippen LogP) is 2.36. The molecule has 0 amide bonds. The van der Waals surface area contributed by atoms with Crippen LogP contribution in [0.3, 0.4) is 0 Å². The van der Waals surface area contributed by atoms with Crippen molar-refractivity contribution in [1.82, 2.24) is 0 Å². The third kappa shape index (κ3) is 2.71. The van der Waals surface area contributed by atoms with E-state index in [4.69, 9.17) is 11.6 Å². The minimum atomic E-state index is -0.528. The van der Waals surface area contributed by atoms with Gasteiger partial charge in [-0.15, -0.1) is 0 Å². The maximum absolute atomic E-state index is 9.44. The van der Waals surface area contributed by atoms with Crippen molar-refractivity contribution in [2.75, 3.05) is 13.2 Å². The number of hydrogen-bond donors (Lipinski definition) is 2. The van der Waals surface area contributed by atoms with Crippen LogP contribution in [0.15, 0.2) is 24.3 Å². The van der Waals surface area contributed by atoms with Crippen molar-refractivity contribution in [2.24, 2.45) is 0 Å². The smallest absolute Gasteiger partial charge is 0.0550 e. The van der Waals surface area contributed by atoms with Gasteiger partial charge in [0.2, 0.25) is 0 Å². The number of benzene rings is 1. The Balaban J connectivity index is 3.02. The Kier molecular flexibility index (Phi) is 4.58. The molecule has 0 radical (unpaired) electrons. The Morgan fingerprint density at radius 3 is 2.07 bits per heavy atom. The van der Waals surface area contributed by atoms with Gasteiger partial charge >= 0.3 is 0 Å². The molecule has 0 aliphatic rings. The molecule has 0 atom stereocenters. The third-order valence-corrected chi connectivity index (χ3v) is 3.04. The molecule has 1 rings (SSSR count). The molecule has 0 aliphatic carbocycles. The molecule has 3 heteroatoms. The second-order valence-electron chi connectivity index (χ2n) is 3.85. The Hall–Kier alpha value is -0.570. The summed E-state index contributed by atoms with van der Waals surface area (Å²) in [5.74, 6) is 0. The summed E-state index contributed by atoms with van der Waals surface area (Å²) in [5.41, 5.74) is 0.415. The molecule has 0 aliphatic heterocycles. The van der Waals surface area contributed by atoms with Gasteiger partial charge in [0.25, 0.3) is 0 Å². The van der Waals surface area contributed by atoms with E-state index in [0.717, 1.165) is 18.4 Å². The highest BCUT2D eigenvalue weighted by Gasteiger charge is 2.29. The zero-order valence-corrected chi connectivity index (χ0v) is 9.67. The first-order chi connectivity index (χ1) is 7.18. The van der Waals surface area contributed by atoms with Crippen molar-refractivity contribution in [3.05, 3.63) is 34.9 Å². The van der Waals surface area contributed by atoms with Gasteiger partial charge in [-0.25, -0.2) is 0 Å². The van der Waals surface area contributed by atoms with Crippen LogP contribution in [0, 0.1) is 0 Å². The van der Waals surface area contributed by atoms with Gasteiger partial charge in [-0.3, -0.25) is 0 Å². The first-order valence-electron chi connectivity index (χ1n) is 5.16. The molecule has 0 saturated heterocycles. The summed E-state index contributed by atoms with van der Waals surface area (Å²) in [4.78, 5) is 0. The first-order valence-corrected chi connectivity index (χ1v) is 5.54. The van der Waals surface area contributed by atoms with E-state index >= 15 is 0 Å². The van der Waals surface area contributed by atoms with Crippen molar-refractivity contribution in [1.29, 1.82) is 0 Å². The zero-order chi connectivity index (χ0) is 11.3. The molecule has 0 spiro atoms. The first kappa shape index (κ1) is 12.5. The topological polar surface area (TPSA) is 40.5 Å². The normalized spacial score (nSPS) is 11.7. The monoisotopic (exact) mass is 228 g/mol. The molecule has 0 saturated carbocycles. The molecule has 0 heterocycles. The number of halogens is 1. The molecule has 0 unspecified atom stereocenters. The average molecular weight is 229 g/mol. The second kappa shape index (κ2) is 5.50. The molecular weight excluding hydrogens is 212 g/mol. The molecule has 1 aromatic rings. The molecular formula is C12H17ClO2. The number of rotatable bonds is 5. The lowest BCUT2D eigenvalue weighted by molar-refractivity contribution is 0.109. The van der Waals surface area contributed by atoms with Gasteiger partial charge in [0, 0.05) is 10.4 Å². The van der Waals surface area contributed by atoms with Crippen LogP contribution in [-0.2, 0) is 5.41 Å². The molecule has 0 aromatic heterocycles. The van der Waals surface area contributed by atoms with Gasteiger partial charge < -0.3 is 10.2 Å². The highest BCUT2D eigenvalue weighted by Crippen LogP contribution is 2.29. The molecule has 15 heavy (non-hydrogen) atoms. The second-order valence-corrected chi connectivity index (χ2v) is 4.29. The Labute approximate surface area is 95.5 Å². The van der Waals surface area contributed by atoms with Crippen molar-refractivity contribution in [3.63, 3.8) is 0 Å². The maximum atomic E-state index is 9.44. The minimum Gasteiger partial charge on any atom is -0.395 e. The highest BCUT2D eigenvalue weighted by atomic mass is 35.5. The van der Waals surface area contributed by atoms with Gasteiger partial charge in [0.05, 0.1) is 13.2 Å². The molecule has 2 nitrogen and oxygen atoms in total. The van der Waals surface area contributed by atoms with E-state index in [0.29, 0.717) is 5.02 Å². The lowest BCUT2D eigenvalue weighted by atomic mass is 9.78. The molecule has 84 valence electrons. The van der Waals surface area contributed by atoms with Gasteiger partial charge in [-0.1, -0.05) is 37.1 Å². The van der Waals surface area contributed by atoms with Crippen LogP contribution in [-0.4, -0.2) is 23.4 Å². The van der Waals surface area contributed by atoms with Crippen molar-refractivity contribution in [3.8, 4) is 0 Å². The minimum absolute atomic E-state index is 0.0427. The Bertz CT molecular complexity index is 291. The molecule has 0 fully saturated rings. The summed E-state index contributed by atoms with van der Waals surface area (Å²) < 4.78 is 0. The summed E-state index contributed by atoms with van der Waals surface area (Å²) in [6.45, 7) is 1.95. The fourth-order valence-corrected chi connectivity index (χ4v) is 1.94. The van der Waals surface area contributed by atoms with Crippen LogP contribution in [0.25, 0.3) is 0 Å². The van der Waals surface area contributed by atoms with E-state index in [1.54, 1.807) is 12.1 Å². The molecule has 0 bridgehead atoms. The fourth-order valence-electron chi connectivity index (χ4n) is 1.82. The van der Waals surface area contributed by atoms with Crippen molar-refractivity contribution < 1.29 is 10.2 Å². The average Bonchev–Trinajstić information content (AvgIpc) is 2.27. The van der Waals surface area contributed by atoms with Crippen molar-refractivity contribution in [2.45, 2.75) is 25.2 Å². The van der Waals surface area contributed by atoms with Crippen LogP contribution in [0.5, 0.6) is 0 Å². The number of hydrogen-bond acceptors (Lipinski definition) is 2. The predicted molar refractivity (Wildman–Crippen MR) is 62.2 cm³/mol. The zero-order valence-electron chi connectivity index (χ0n) is 8.91. The van der Waals surface area contributed by atoms with Crippen LogP contribution in [0.1, 0.15) is 25.3 Å². The van der Waals surface area contributed by atoms with Gasteiger partial charge in [-0.05, 0) is 24.1 Å². The van der Waals surface area contributed by atoms with Crippen LogP contribution in [0.2, 0.25) is 5.02 Å². The number of aliphatic hydroxyl groups is 2. The lowest BCUT2D eigenvalue weighted by Crippen LogP contribution is -2.34. The lowest BCUT2D eigenvalue weighted by Gasteiger charge is -2.30. The van der Waals surface area contributed by atoms with E-state index in [9.17, 15) is 10.2 Å². The van der Waals surface area contributed by atoms with Gasteiger partial charge in [-0.2, -0.15) is 0 Å². The molecule has 1 aromatic carbocycles. The van der Waals surface area contributed by atoms with E-state index in [1.165, 1.54) is 0 Å². The van der Waals surface area contributed by atoms with Gasteiger partial charge in [0.15, 0.2) is 0 Å². The largest absolute Gasteiger partial charge is 0.395 e. The fraction of sp³-hybridized carbons (Fsp3) is 0.500. The summed E-state index contributed by atoms with van der Waals surface area (Å²) >= 11 is 5.80. The molecule has 2 N–H and O–H groups in total. The number of aliphatic hydroxyl groups excluding tert-OH is 2.